The maximum atomic E-state index is 11.7. The molecule has 1 fully saturated rings. The lowest BCUT2D eigenvalue weighted by molar-refractivity contribution is -0.143. The number of carbonyl (C=O) groups excluding carboxylic acids is 2. The van der Waals surface area contributed by atoms with Crippen LogP contribution in [0, 0.1) is 5.92 Å². The lowest BCUT2D eigenvalue weighted by Crippen LogP contribution is -2.47. The molecule has 1 heterocycles. The van der Waals surface area contributed by atoms with Gasteiger partial charge in [-0.2, -0.15) is 0 Å². The van der Waals surface area contributed by atoms with Crippen molar-refractivity contribution in [3.63, 3.8) is 0 Å². The lowest BCUT2D eigenvalue weighted by atomic mass is 9.93. The summed E-state index contributed by atoms with van der Waals surface area (Å²) in [5, 5.41) is 14.6. The number of aliphatic hydroxyl groups is 1. The van der Waals surface area contributed by atoms with E-state index in [9.17, 15) is 14.7 Å². The Morgan fingerprint density at radius 3 is 2.55 bits per heavy atom. The molecule has 1 aliphatic heterocycles. The smallest absolute Gasteiger partial charge is 0.232 e. The monoisotopic (exact) mass is 318 g/mol. The van der Waals surface area contributed by atoms with E-state index in [1.165, 1.54) is 0 Å². The fourth-order valence-electron chi connectivity index (χ4n) is 2.12. The van der Waals surface area contributed by atoms with Crippen LogP contribution in [0.25, 0.3) is 0 Å². The van der Waals surface area contributed by atoms with Gasteiger partial charge in [-0.05, 0) is 13.5 Å². The highest BCUT2D eigenvalue weighted by molar-refractivity contribution is 5.98. The van der Waals surface area contributed by atoms with Crippen LogP contribution in [0.1, 0.15) is 12.8 Å². The predicted molar refractivity (Wildman–Crippen MR) is 78.3 cm³/mol. The Morgan fingerprint density at radius 2 is 1.91 bits per heavy atom. The fourth-order valence-corrected chi connectivity index (χ4v) is 2.12. The molecule has 0 bridgehead atoms. The Labute approximate surface area is 130 Å². The minimum atomic E-state index is -0.608. The van der Waals surface area contributed by atoms with Gasteiger partial charge in [0.25, 0.3) is 0 Å². The zero-order valence-corrected chi connectivity index (χ0v) is 13.0. The van der Waals surface area contributed by atoms with Gasteiger partial charge < -0.3 is 24.6 Å². The van der Waals surface area contributed by atoms with E-state index >= 15 is 0 Å². The molecule has 1 rings (SSSR count). The Balaban J connectivity index is 2.09. The molecule has 2 unspecified atom stereocenters. The molecular formula is C14H26N2O6. The molecule has 0 aromatic heterocycles. The molecule has 0 aromatic carbocycles. The summed E-state index contributed by atoms with van der Waals surface area (Å²) in [6.45, 7) is 2.79. The summed E-state index contributed by atoms with van der Waals surface area (Å²) in [4.78, 5) is 22.8. The van der Waals surface area contributed by atoms with Crippen molar-refractivity contribution in [3.8, 4) is 0 Å². The van der Waals surface area contributed by atoms with Crippen LogP contribution < -0.4 is 10.6 Å². The third-order valence-electron chi connectivity index (χ3n) is 3.34. The van der Waals surface area contributed by atoms with Crippen LogP contribution in [0.3, 0.4) is 0 Å². The lowest BCUT2D eigenvalue weighted by Gasteiger charge is -2.27. The van der Waals surface area contributed by atoms with Crippen LogP contribution in [0.4, 0.5) is 0 Å². The third-order valence-corrected chi connectivity index (χ3v) is 3.34. The summed E-state index contributed by atoms with van der Waals surface area (Å²) < 4.78 is 16.1. The van der Waals surface area contributed by atoms with Crippen molar-refractivity contribution in [2.75, 3.05) is 53.2 Å². The Hall–Kier alpha value is -1.06. The molecule has 0 saturated carbocycles. The van der Waals surface area contributed by atoms with Crippen molar-refractivity contribution in [2.24, 2.45) is 5.92 Å². The number of imide groups is 1. The van der Waals surface area contributed by atoms with E-state index in [0.717, 1.165) is 6.54 Å². The van der Waals surface area contributed by atoms with Gasteiger partial charge >= 0.3 is 0 Å². The van der Waals surface area contributed by atoms with E-state index in [1.54, 1.807) is 0 Å². The largest absolute Gasteiger partial charge is 0.394 e. The molecule has 2 amide bonds. The highest BCUT2D eigenvalue weighted by Gasteiger charge is 2.33. The molecule has 8 heteroatoms. The highest BCUT2D eigenvalue weighted by Crippen LogP contribution is 2.18. The maximum absolute atomic E-state index is 11.7. The van der Waals surface area contributed by atoms with Gasteiger partial charge in [-0.3, -0.25) is 14.9 Å². The van der Waals surface area contributed by atoms with Crippen molar-refractivity contribution in [2.45, 2.75) is 18.9 Å². The van der Waals surface area contributed by atoms with Crippen molar-refractivity contribution >= 4 is 11.8 Å². The van der Waals surface area contributed by atoms with Gasteiger partial charge in [-0.1, -0.05) is 0 Å². The fraction of sp³-hybridized carbons (Fsp3) is 0.857. The number of ether oxygens (including phenoxy) is 3. The molecule has 0 spiro atoms. The van der Waals surface area contributed by atoms with Gasteiger partial charge in [0.2, 0.25) is 11.8 Å². The molecule has 0 radical (unpaired) electrons. The summed E-state index contributed by atoms with van der Waals surface area (Å²) in [6.07, 6.45) is 0.0656. The minimum Gasteiger partial charge on any atom is -0.394 e. The quantitative estimate of drug-likeness (QED) is 0.302. The van der Waals surface area contributed by atoms with E-state index in [0.29, 0.717) is 32.8 Å². The number of piperidine rings is 1. The van der Waals surface area contributed by atoms with Crippen molar-refractivity contribution in [1.29, 1.82) is 0 Å². The number of likely N-dealkylation sites (N-methyl/N-ethyl adjacent to an activating group) is 1. The Kier molecular flexibility index (Phi) is 9.93. The van der Waals surface area contributed by atoms with Gasteiger partial charge in [0.15, 0.2) is 0 Å². The van der Waals surface area contributed by atoms with Gasteiger partial charge in [0.05, 0.1) is 51.7 Å². The number of hydrogen-bond donors (Lipinski definition) is 3. The first-order valence-corrected chi connectivity index (χ1v) is 7.55. The summed E-state index contributed by atoms with van der Waals surface area (Å²) in [6, 6.07) is 0. The van der Waals surface area contributed by atoms with E-state index in [1.807, 2.05) is 7.05 Å². The summed E-state index contributed by atoms with van der Waals surface area (Å²) in [7, 11) is 1.86. The molecule has 1 saturated heterocycles. The van der Waals surface area contributed by atoms with Crippen LogP contribution in [0.15, 0.2) is 0 Å². The second-order valence-electron chi connectivity index (χ2n) is 4.98. The number of amides is 2. The molecule has 0 aromatic rings. The first-order valence-electron chi connectivity index (χ1n) is 7.55. The Bertz CT molecular complexity index is 339. The van der Waals surface area contributed by atoms with E-state index in [-0.39, 0.29) is 31.4 Å². The molecule has 0 aliphatic carbocycles. The molecule has 8 nitrogen and oxygen atoms in total. The number of rotatable bonds is 12. The van der Waals surface area contributed by atoms with Crippen LogP contribution >= 0.6 is 0 Å². The van der Waals surface area contributed by atoms with E-state index in [4.69, 9.17) is 14.2 Å². The number of nitrogens with one attached hydrogen (secondary N) is 2. The SMILES string of the molecule is CNCCOCCOCCOC(CO)C1CCC(=O)NC1=O. The minimum absolute atomic E-state index is 0.264. The molecule has 3 N–H and O–H groups in total. The van der Waals surface area contributed by atoms with Crippen LogP contribution in [-0.4, -0.2) is 76.3 Å². The highest BCUT2D eigenvalue weighted by atomic mass is 16.5. The van der Waals surface area contributed by atoms with E-state index in [2.05, 4.69) is 10.6 Å². The van der Waals surface area contributed by atoms with Gasteiger partial charge in [-0.15, -0.1) is 0 Å². The summed E-state index contributed by atoms with van der Waals surface area (Å²) in [5.74, 6) is -1.15. The topological polar surface area (TPSA) is 106 Å². The normalized spacial score (nSPS) is 20.0. The average molecular weight is 318 g/mol. The van der Waals surface area contributed by atoms with Crippen LogP contribution in [-0.2, 0) is 23.8 Å². The second kappa shape index (κ2) is 11.5. The summed E-state index contributed by atoms with van der Waals surface area (Å²) >= 11 is 0. The van der Waals surface area contributed by atoms with Crippen molar-refractivity contribution in [1.82, 2.24) is 10.6 Å². The van der Waals surface area contributed by atoms with Crippen molar-refractivity contribution in [3.05, 3.63) is 0 Å². The molecule has 22 heavy (non-hydrogen) atoms. The third kappa shape index (κ3) is 7.28. The average Bonchev–Trinajstić information content (AvgIpc) is 2.50. The predicted octanol–water partition coefficient (Wildman–Crippen LogP) is -1.33. The molecular weight excluding hydrogens is 292 g/mol. The standard InChI is InChI=1S/C14H26N2O6/c1-15-4-5-20-6-7-21-8-9-22-12(10-17)11-2-3-13(18)16-14(11)19/h11-12,15,17H,2-10H2,1H3,(H,16,18,19). The van der Waals surface area contributed by atoms with Gasteiger partial charge in [0.1, 0.15) is 0 Å². The zero-order valence-electron chi connectivity index (χ0n) is 13.0. The summed E-state index contributed by atoms with van der Waals surface area (Å²) in [5.41, 5.74) is 0. The number of aliphatic hydroxyl groups excluding tert-OH is 1. The van der Waals surface area contributed by atoms with Gasteiger partial charge in [-0.25, -0.2) is 0 Å². The first kappa shape index (κ1) is 19.0. The molecule has 128 valence electrons. The number of carbonyl (C=O) groups is 2. The zero-order chi connectivity index (χ0) is 16.2. The van der Waals surface area contributed by atoms with Crippen molar-refractivity contribution < 1.29 is 28.9 Å². The van der Waals surface area contributed by atoms with Crippen LogP contribution in [0.5, 0.6) is 0 Å². The molecule has 1 aliphatic rings. The van der Waals surface area contributed by atoms with Gasteiger partial charge in [0, 0.05) is 13.0 Å². The maximum Gasteiger partial charge on any atom is 0.232 e. The van der Waals surface area contributed by atoms with Crippen LogP contribution in [0.2, 0.25) is 0 Å². The number of hydrogen-bond acceptors (Lipinski definition) is 7. The Morgan fingerprint density at radius 1 is 1.23 bits per heavy atom. The molecule has 2 atom stereocenters. The second-order valence-corrected chi connectivity index (χ2v) is 4.98. The first-order chi connectivity index (χ1) is 10.7. The van der Waals surface area contributed by atoms with E-state index < -0.39 is 12.0 Å².